The molecule has 0 bridgehead atoms. The first-order valence-electron chi connectivity index (χ1n) is 3.67. The van der Waals surface area contributed by atoms with Crippen LogP contribution in [-0.4, -0.2) is 17.6 Å². The summed E-state index contributed by atoms with van der Waals surface area (Å²) in [5.41, 5.74) is 5.14. The molecule has 1 rings (SSSR count). The molecule has 0 spiro atoms. The second kappa shape index (κ2) is 4.66. The summed E-state index contributed by atoms with van der Waals surface area (Å²) in [5, 5.41) is 10.9. The summed E-state index contributed by atoms with van der Waals surface area (Å²) in [5.74, 6) is -0.414. The number of nitrogens with zero attached hydrogens (tertiary/aromatic N) is 1. The van der Waals surface area contributed by atoms with Crippen LogP contribution >= 0.6 is 11.6 Å². The predicted molar refractivity (Wildman–Crippen MR) is 50.3 cm³/mol. The van der Waals surface area contributed by atoms with Crippen molar-refractivity contribution in [2.24, 2.45) is 10.9 Å². The summed E-state index contributed by atoms with van der Waals surface area (Å²) < 4.78 is 17.8. The molecule has 76 valence electrons. The van der Waals surface area contributed by atoms with Crippen molar-refractivity contribution in [2.45, 2.75) is 0 Å². The summed E-state index contributed by atoms with van der Waals surface area (Å²) in [7, 11) is 0. The fraction of sp³-hybridized carbons (Fsp3) is 0.125. The number of benzene rings is 1. The van der Waals surface area contributed by atoms with E-state index >= 15 is 0 Å². The first-order valence-corrected chi connectivity index (χ1v) is 4.05. The number of hydrogen-bond acceptors (Lipinski definition) is 3. The number of ether oxygens (including phenoxy) is 1. The minimum absolute atomic E-state index is 0.0150. The minimum Gasteiger partial charge on any atom is -0.485 e. The highest BCUT2D eigenvalue weighted by atomic mass is 35.5. The van der Waals surface area contributed by atoms with Gasteiger partial charge in [0.25, 0.3) is 0 Å². The van der Waals surface area contributed by atoms with Crippen LogP contribution in [0.3, 0.4) is 0 Å². The molecular formula is C8H8ClFN2O2. The smallest absolute Gasteiger partial charge is 0.177 e. The van der Waals surface area contributed by atoms with Crippen LogP contribution in [0.1, 0.15) is 0 Å². The molecule has 0 saturated carbocycles. The van der Waals surface area contributed by atoms with Crippen LogP contribution in [0.5, 0.6) is 5.75 Å². The van der Waals surface area contributed by atoms with Gasteiger partial charge in [-0.2, -0.15) is 0 Å². The molecule has 0 amide bonds. The van der Waals surface area contributed by atoms with Gasteiger partial charge in [-0.15, -0.1) is 0 Å². The number of oxime groups is 1. The van der Waals surface area contributed by atoms with Crippen molar-refractivity contribution in [3.8, 4) is 5.75 Å². The lowest BCUT2D eigenvalue weighted by molar-refractivity contribution is 0.306. The normalized spacial score (nSPS) is 11.4. The lowest BCUT2D eigenvalue weighted by atomic mass is 10.3. The summed E-state index contributed by atoms with van der Waals surface area (Å²) in [6.45, 7) is -0.114. The molecule has 1 aromatic rings. The lowest BCUT2D eigenvalue weighted by Gasteiger charge is -2.04. The van der Waals surface area contributed by atoms with Gasteiger partial charge in [-0.05, 0) is 12.1 Å². The summed E-state index contributed by atoms with van der Waals surface area (Å²) >= 11 is 5.45. The van der Waals surface area contributed by atoms with Gasteiger partial charge in [-0.1, -0.05) is 16.8 Å². The maximum Gasteiger partial charge on any atom is 0.177 e. The second-order valence-corrected chi connectivity index (χ2v) is 2.86. The molecule has 0 radical (unpaired) electrons. The van der Waals surface area contributed by atoms with Gasteiger partial charge >= 0.3 is 0 Å². The topological polar surface area (TPSA) is 67.8 Å². The van der Waals surface area contributed by atoms with E-state index in [0.29, 0.717) is 0 Å². The molecule has 6 heteroatoms. The Balaban J connectivity index is 2.64. The summed E-state index contributed by atoms with van der Waals surface area (Å²) in [6, 6.07) is 3.96. The van der Waals surface area contributed by atoms with Crippen LogP contribution < -0.4 is 10.5 Å². The van der Waals surface area contributed by atoms with Crippen molar-refractivity contribution in [1.82, 2.24) is 0 Å². The van der Waals surface area contributed by atoms with Crippen molar-refractivity contribution >= 4 is 17.4 Å². The molecule has 0 aliphatic carbocycles. The monoisotopic (exact) mass is 218 g/mol. The van der Waals surface area contributed by atoms with Crippen LogP contribution in [0, 0.1) is 5.82 Å². The van der Waals surface area contributed by atoms with E-state index in [4.69, 9.17) is 27.3 Å². The maximum absolute atomic E-state index is 12.9. The van der Waals surface area contributed by atoms with Gasteiger partial charge in [0.15, 0.2) is 5.84 Å². The molecule has 0 aromatic heterocycles. The van der Waals surface area contributed by atoms with Crippen molar-refractivity contribution < 1.29 is 14.3 Å². The zero-order valence-corrected chi connectivity index (χ0v) is 7.83. The second-order valence-electron chi connectivity index (χ2n) is 2.46. The molecule has 3 N–H and O–H groups in total. The minimum atomic E-state index is -0.580. The Hall–Kier alpha value is -1.49. The largest absolute Gasteiger partial charge is 0.485 e. The molecule has 0 unspecified atom stereocenters. The third-order valence-corrected chi connectivity index (χ3v) is 1.71. The standard InChI is InChI=1S/C8H8ClFN2O2/c9-6-2-1-5(3-7(6)10)14-4-8(11)12-13/h1-3,13H,4H2,(H2,11,12). The molecule has 0 atom stereocenters. The number of hydrogen-bond donors (Lipinski definition) is 2. The van der Waals surface area contributed by atoms with E-state index in [0.717, 1.165) is 6.07 Å². The van der Waals surface area contributed by atoms with Gasteiger partial charge in [0.1, 0.15) is 18.2 Å². The number of rotatable bonds is 3. The van der Waals surface area contributed by atoms with Gasteiger partial charge in [-0.25, -0.2) is 4.39 Å². The van der Waals surface area contributed by atoms with Gasteiger partial charge in [0.2, 0.25) is 0 Å². The average molecular weight is 219 g/mol. The molecule has 0 aliphatic heterocycles. The zero-order chi connectivity index (χ0) is 10.6. The Labute approximate surface area is 84.7 Å². The van der Waals surface area contributed by atoms with Gasteiger partial charge < -0.3 is 15.7 Å². The average Bonchev–Trinajstić information content (AvgIpc) is 2.19. The maximum atomic E-state index is 12.9. The van der Waals surface area contributed by atoms with Crippen molar-refractivity contribution in [2.75, 3.05) is 6.61 Å². The lowest BCUT2D eigenvalue weighted by Crippen LogP contribution is -2.20. The van der Waals surface area contributed by atoms with E-state index in [2.05, 4.69) is 5.16 Å². The quantitative estimate of drug-likeness (QED) is 0.351. The van der Waals surface area contributed by atoms with E-state index in [1.165, 1.54) is 12.1 Å². The van der Waals surface area contributed by atoms with Crippen LogP contribution in [0.4, 0.5) is 4.39 Å². The Bertz CT molecular complexity index is 357. The van der Waals surface area contributed by atoms with Gasteiger partial charge in [-0.3, -0.25) is 0 Å². The van der Waals surface area contributed by atoms with Gasteiger partial charge in [0, 0.05) is 6.07 Å². The first kappa shape index (κ1) is 10.6. The number of halogens is 2. The predicted octanol–water partition coefficient (Wildman–Crippen LogP) is 1.60. The first-order chi connectivity index (χ1) is 6.63. The molecule has 0 aliphatic rings. The molecule has 1 aromatic carbocycles. The molecule has 0 heterocycles. The number of amidine groups is 1. The summed E-state index contributed by atoms with van der Waals surface area (Å²) in [6.07, 6.45) is 0. The molecule has 0 fully saturated rings. The van der Waals surface area contributed by atoms with Crippen LogP contribution in [-0.2, 0) is 0 Å². The van der Waals surface area contributed by atoms with Crippen molar-refractivity contribution in [1.29, 1.82) is 0 Å². The highest BCUT2D eigenvalue weighted by Crippen LogP contribution is 2.20. The third kappa shape index (κ3) is 2.77. The highest BCUT2D eigenvalue weighted by molar-refractivity contribution is 6.30. The third-order valence-electron chi connectivity index (χ3n) is 1.41. The van der Waals surface area contributed by atoms with E-state index in [-0.39, 0.29) is 23.2 Å². The van der Waals surface area contributed by atoms with E-state index in [1.54, 1.807) is 0 Å². The van der Waals surface area contributed by atoms with Crippen LogP contribution in [0.25, 0.3) is 0 Å². The number of nitrogens with two attached hydrogens (primary N) is 1. The molecule has 0 saturated heterocycles. The Morgan fingerprint density at radius 2 is 2.36 bits per heavy atom. The molecule has 4 nitrogen and oxygen atoms in total. The van der Waals surface area contributed by atoms with Gasteiger partial charge in [0.05, 0.1) is 5.02 Å². The Morgan fingerprint density at radius 3 is 2.93 bits per heavy atom. The summed E-state index contributed by atoms with van der Waals surface area (Å²) in [4.78, 5) is 0. The van der Waals surface area contributed by atoms with Crippen molar-refractivity contribution in [3.05, 3.63) is 29.0 Å². The zero-order valence-electron chi connectivity index (χ0n) is 7.08. The van der Waals surface area contributed by atoms with Crippen LogP contribution in [0.2, 0.25) is 5.02 Å². The van der Waals surface area contributed by atoms with Crippen molar-refractivity contribution in [3.63, 3.8) is 0 Å². The highest BCUT2D eigenvalue weighted by Gasteiger charge is 2.02. The Morgan fingerprint density at radius 1 is 1.64 bits per heavy atom. The van der Waals surface area contributed by atoms with E-state index in [9.17, 15) is 4.39 Å². The molecule has 14 heavy (non-hydrogen) atoms. The SMILES string of the molecule is N/C(COc1ccc(Cl)c(F)c1)=N/O. The van der Waals surface area contributed by atoms with E-state index < -0.39 is 5.82 Å². The molecular weight excluding hydrogens is 211 g/mol. The Kier molecular flexibility index (Phi) is 3.53. The fourth-order valence-electron chi connectivity index (χ4n) is 0.753. The van der Waals surface area contributed by atoms with E-state index in [1.807, 2.05) is 0 Å². The van der Waals surface area contributed by atoms with Crippen LogP contribution in [0.15, 0.2) is 23.4 Å². The fourth-order valence-corrected chi connectivity index (χ4v) is 0.870.